The molecule has 5 nitrogen and oxygen atoms in total. The van der Waals surface area contributed by atoms with Crippen LogP contribution in [0.15, 0.2) is 36.5 Å². The van der Waals surface area contributed by atoms with Gasteiger partial charge in [-0.2, -0.15) is 0 Å². The molecule has 0 bridgehead atoms. The van der Waals surface area contributed by atoms with Crippen molar-refractivity contribution in [1.82, 2.24) is 9.47 Å². The minimum Gasteiger partial charge on any atom is -0.383 e. The number of aryl methyl sites for hydroxylation is 1. The summed E-state index contributed by atoms with van der Waals surface area (Å²) in [6, 6.07) is 8.86. The second-order valence-corrected chi connectivity index (χ2v) is 8.91. The third-order valence-electron chi connectivity index (χ3n) is 6.41. The van der Waals surface area contributed by atoms with E-state index in [1.165, 1.54) is 6.07 Å². The Balaban J connectivity index is 0.00000306. The number of carbonyl (C=O) groups is 1. The van der Waals surface area contributed by atoms with E-state index in [0.29, 0.717) is 48.9 Å². The van der Waals surface area contributed by atoms with Gasteiger partial charge >= 0.3 is 0 Å². The standard InChI is InChI=1S/C25H29ClFN3O2.ClH/c1-16-11-19(26)13-21-22(15-30(24(16)21)9-10-32-2)25(31)29-7-5-18(6-8-29)20-12-17(14-28)3-4-23(20)27;/h3-4,11-13,15,18H,5-10,14,28H2,1-2H3;1H. The maximum Gasteiger partial charge on any atom is 0.256 e. The SMILES string of the molecule is COCCn1cc(C(=O)N2CCC(c3cc(CN)ccc3F)CC2)c2cc(Cl)cc(C)c21.Cl. The highest BCUT2D eigenvalue weighted by Gasteiger charge is 2.28. The van der Waals surface area contributed by atoms with Crippen LogP contribution in [0.1, 0.15) is 45.8 Å². The molecule has 4 rings (SSSR count). The van der Waals surface area contributed by atoms with E-state index in [1.54, 1.807) is 13.2 Å². The third kappa shape index (κ3) is 5.19. The second kappa shape index (κ2) is 10.9. The van der Waals surface area contributed by atoms with Gasteiger partial charge in [-0.3, -0.25) is 4.79 Å². The number of hydrogen-bond acceptors (Lipinski definition) is 3. The first-order valence-electron chi connectivity index (χ1n) is 11.0. The van der Waals surface area contributed by atoms with Crippen LogP contribution in [-0.2, 0) is 17.8 Å². The number of likely N-dealkylation sites (tertiary alicyclic amines) is 1. The molecule has 1 fully saturated rings. The summed E-state index contributed by atoms with van der Waals surface area (Å²) in [6.07, 6.45) is 3.35. The van der Waals surface area contributed by atoms with Crippen molar-refractivity contribution in [3.8, 4) is 0 Å². The van der Waals surface area contributed by atoms with Gasteiger partial charge in [0.2, 0.25) is 0 Å². The minimum absolute atomic E-state index is 0. The molecule has 0 aliphatic carbocycles. The number of rotatable bonds is 6. The smallest absolute Gasteiger partial charge is 0.256 e. The maximum atomic E-state index is 14.4. The van der Waals surface area contributed by atoms with Crippen molar-refractivity contribution < 1.29 is 13.9 Å². The fourth-order valence-corrected chi connectivity index (χ4v) is 5.02. The molecule has 1 saturated heterocycles. The molecule has 1 aliphatic heterocycles. The quantitative estimate of drug-likeness (QED) is 0.507. The number of carbonyl (C=O) groups excluding carboxylic acids is 1. The number of aromatic nitrogens is 1. The number of hydrogen-bond donors (Lipinski definition) is 1. The Labute approximate surface area is 205 Å². The first-order valence-corrected chi connectivity index (χ1v) is 11.4. The number of methoxy groups -OCH3 is 1. The van der Waals surface area contributed by atoms with Crippen molar-refractivity contribution in [1.29, 1.82) is 0 Å². The number of ether oxygens (including phenoxy) is 1. The van der Waals surface area contributed by atoms with Gasteiger partial charge in [-0.1, -0.05) is 23.7 Å². The van der Waals surface area contributed by atoms with Crippen LogP contribution in [0.25, 0.3) is 10.9 Å². The first kappa shape index (κ1) is 25.5. The molecule has 178 valence electrons. The zero-order valence-corrected chi connectivity index (χ0v) is 20.5. The topological polar surface area (TPSA) is 60.5 Å². The van der Waals surface area contributed by atoms with Crippen molar-refractivity contribution >= 4 is 40.8 Å². The average Bonchev–Trinajstić information content (AvgIpc) is 3.16. The molecule has 1 aromatic heterocycles. The Morgan fingerprint density at radius 3 is 2.64 bits per heavy atom. The molecule has 2 N–H and O–H groups in total. The van der Waals surface area contributed by atoms with Gasteiger partial charge in [0.05, 0.1) is 17.7 Å². The Morgan fingerprint density at radius 1 is 1.24 bits per heavy atom. The van der Waals surface area contributed by atoms with E-state index in [2.05, 4.69) is 4.57 Å². The summed E-state index contributed by atoms with van der Waals surface area (Å²) in [6.45, 7) is 4.76. The predicted octanol–water partition coefficient (Wildman–Crippen LogP) is 5.29. The molecule has 2 heterocycles. The molecular formula is C25H30Cl2FN3O2. The van der Waals surface area contributed by atoms with Crippen molar-refractivity contribution in [2.24, 2.45) is 5.73 Å². The van der Waals surface area contributed by atoms with E-state index in [-0.39, 0.29) is 30.0 Å². The zero-order valence-electron chi connectivity index (χ0n) is 18.9. The molecule has 3 aromatic rings. The molecule has 0 radical (unpaired) electrons. The molecule has 0 spiro atoms. The summed E-state index contributed by atoms with van der Waals surface area (Å²) in [4.78, 5) is 15.3. The first-order chi connectivity index (χ1) is 15.4. The lowest BCUT2D eigenvalue weighted by Gasteiger charge is -2.32. The highest BCUT2D eigenvalue weighted by molar-refractivity contribution is 6.31. The number of nitrogens with zero attached hydrogens (tertiary/aromatic N) is 2. The van der Waals surface area contributed by atoms with Gasteiger partial charge in [-0.05, 0) is 60.6 Å². The van der Waals surface area contributed by atoms with Crippen molar-refractivity contribution in [2.45, 2.75) is 38.8 Å². The molecule has 0 atom stereocenters. The molecule has 8 heteroatoms. The van der Waals surface area contributed by atoms with Gasteiger partial charge in [0.1, 0.15) is 5.82 Å². The third-order valence-corrected chi connectivity index (χ3v) is 6.63. The van der Waals surface area contributed by atoms with Gasteiger partial charge in [-0.15, -0.1) is 12.4 Å². The number of fused-ring (bicyclic) bond motifs is 1. The number of amides is 1. The van der Waals surface area contributed by atoms with E-state index in [0.717, 1.165) is 34.9 Å². The van der Waals surface area contributed by atoms with Crippen LogP contribution in [0, 0.1) is 12.7 Å². The molecule has 2 aromatic carbocycles. The van der Waals surface area contributed by atoms with Crippen molar-refractivity contribution in [3.05, 3.63) is 69.6 Å². The lowest BCUT2D eigenvalue weighted by Crippen LogP contribution is -2.38. The summed E-state index contributed by atoms with van der Waals surface area (Å²) in [5, 5.41) is 1.47. The number of benzene rings is 2. The summed E-state index contributed by atoms with van der Waals surface area (Å²) in [5.41, 5.74) is 10.0. The molecular weight excluding hydrogens is 464 g/mol. The van der Waals surface area contributed by atoms with Gasteiger partial charge in [0, 0.05) is 49.9 Å². The Morgan fingerprint density at radius 2 is 1.97 bits per heavy atom. The van der Waals surface area contributed by atoms with Crippen LogP contribution < -0.4 is 5.73 Å². The van der Waals surface area contributed by atoms with E-state index in [1.807, 2.05) is 36.2 Å². The van der Waals surface area contributed by atoms with Gasteiger partial charge in [0.25, 0.3) is 5.91 Å². The molecule has 0 unspecified atom stereocenters. The lowest BCUT2D eigenvalue weighted by molar-refractivity contribution is 0.0714. The Bertz CT molecular complexity index is 1140. The van der Waals surface area contributed by atoms with E-state index in [9.17, 15) is 9.18 Å². The van der Waals surface area contributed by atoms with Crippen molar-refractivity contribution in [2.75, 3.05) is 26.8 Å². The zero-order chi connectivity index (χ0) is 22.8. The number of halogens is 3. The van der Waals surface area contributed by atoms with Crippen LogP contribution in [0.5, 0.6) is 0 Å². The van der Waals surface area contributed by atoms with Crippen LogP contribution in [-0.4, -0.2) is 42.2 Å². The largest absolute Gasteiger partial charge is 0.383 e. The maximum absolute atomic E-state index is 14.4. The highest BCUT2D eigenvalue weighted by atomic mass is 35.5. The summed E-state index contributed by atoms with van der Waals surface area (Å²) in [7, 11) is 1.66. The van der Waals surface area contributed by atoms with Gasteiger partial charge in [0.15, 0.2) is 0 Å². The predicted molar refractivity (Wildman–Crippen MR) is 133 cm³/mol. The van der Waals surface area contributed by atoms with Crippen LogP contribution >= 0.6 is 24.0 Å². The van der Waals surface area contributed by atoms with Crippen LogP contribution in [0.2, 0.25) is 5.02 Å². The Kier molecular flexibility index (Phi) is 8.40. The van der Waals surface area contributed by atoms with Crippen LogP contribution in [0.4, 0.5) is 4.39 Å². The lowest BCUT2D eigenvalue weighted by atomic mass is 9.88. The summed E-state index contributed by atoms with van der Waals surface area (Å²) < 4.78 is 21.7. The molecule has 0 saturated carbocycles. The molecule has 33 heavy (non-hydrogen) atoms. The highest BCUT2D eigenvalue weighted by Crippen LogP contribution is 2.33. The molecule has 1 amide bonds. The second-order valence-electron chi connectivity index (χ2n) is 8.47. The average molecular weight is 494 g/mol. The molecule has 1 aliphatic rings. The normalized spacial score (nSPS) is 14.5. The fraction of sp³-hybridized carbons (Fsp3) is 0.400. The summed E-state index contributed by atoms with van der Waals surface area (Å²) >= 11 is 6.32. The van der Waals surface area contributed by atoms with Crippen molar-refractivity contribution in [3.63, 3.8) is 0 Å². The van der Waals surface area contributed by atoms with E-state index in [4.69, 9.17) is 22.1 Å². The van der Waals surface area contributed by atoms with Gasteiger partial charge in [-0.25, -0.2) is 4.39 Å². The van der Waals surface area contributed by atoms with Crippen LogP contribution in [0.3, 0.4) is 0 Å². The van der Waals surface area contributed by atoms with E-state index >= 15 is 0 Å². The monoisotopic (exact) mass is 493 g/mol. The Hall–Kier alpha value is -2.12. The summed E-state index contributed by atoms with van der Waals surface area (Å²) in [5.74, 6) is -0.119. The van der Waals surface area contributed by atoms with E-state index < -0.39 is 0 Å². The van der Waals surface area contributed by atoms with Gasteiger partial charge < -0.3 is 19.9 Å². The number of nitrogens with two attached hydrogens (primary N) is 1. The fourth-order valence-electron chi connectivity index (χ4n) is 4.75. The minimum atomic E-state index is -0.196. The number of piperidine rings is 1.